The Kier molecular flexibility index (Phi) is 3.09. The van der Waals surface area contributed by atoms with Gasteiger partial charge in [-0.3, -0.25) is 5.10 Å². The van der Waals surface area contributed by atoms with Crippen LogP contribution in [0.1, 0.15) is 11.3 Å². The van der Waals surface area contributed by atoms with Gasteiger partial charge in [-0.1, -0.05) is 0 Å². The number of ether oxygens (including phenoxy) is 1. The summed E-state index contributed by atoms with van der Waals surface area (Å²) in [6, 6.07) is 6.23. The Labute approximate surface area is 114 Å². The zero-order valence-corrected chi connectivity index (χ0v) is 11.7. The highest BCUT2D eigenvalue weighted by Crippen LogP contribution is 2.33. The fraction of sp³-hybridized carbons (Fsp3) is 0.308. The van der Waals surface area contributed by atoms with Gasteiger partial charge in [-0.25, -0.2) is 0 Å². The van der Waals surface area contributed by atoms with E-state index in [1.807, 2.05) is 19.2 Å². The second-order valence-corrected chi connectivity index (χ2v) is 5.11. The summed E-state index contributed by atoms with van der Waals surface area (Å²) in [4.78, 5) is 0. The molecule has 1 aliphatic heterocycles. The highest BCUT2D eigenvalue weighted by molar-refractivity contribution is 9.10. The van der Waals surface area contributed by atoms with Crippen LogP contribution in [0.2, 0.25) is 0 Å². The SMILES string of the molecule is CNCc1[nH]nc(-c2ccc3c(c2)CCO3)c1Br. The van der Waals surface area contributed by atoms with Crippen LogP contribution in [0.5, 0.6) is 5.75 Å². The Morgan fingerprint density at radius 3 is 3.22 bits per heavy atom. The summed E-state index contributed by atoms with van der Waals surface area (Å²) in [5.41, 5.74) is 4.39. The molecule has 0 fully saturated rings. The van der Waals surface area contributed by atoms with Crippen LogP contribution in [0.3, 0.4) is 0 Å². The smallest absolute Gasteiger partial charge is 0.122 e. The molecule has 0 spiro atoms. The number of hydrogen-bond donors (Lipinski definition) is 2. The molecule has 0 amide bonds. The van der Waals surface area contributed by atoms with Crippen LogP contribution >= 0.6 is 15.9 Å². The molecule has 0 radical (unpaired) electrons. The maximum atomic E-state index is 5.51. The second kappa shape index (κ2) is 4.74. The molecule has 0 atom stereocenters. The first kappa shape index (κ1) is 11.7. The van der Waals surface area contributed by atoms with E-state index in [-0.39, 0.29) is 0 Å². The third-order valence-electron chi connectivity index (χ3n) is 3.09. The van der Waals surface area contributed by atoms with E-state index in [0.29, 0.717) is 0 Å². The van der Waals surface area contributed by atoms with E-state index >= 15 is 0 Å². The van der Waals surface area contributed by atoms with Crippen molar-refractivity contribution in [1.82, 2.24) is 15.5 Å². The third-order valence-corrected chi connectivity index (χ3v) is 3.95. The van der Waals surface area contributed by atoms with Gasteiger partial charge in [0.05, 0.1) is 16.8 Å². The zero-order valence-electron chi connectivity index (χ0n) is 10.1. The number of rotatable bonds is 3. The van der Waals surface area contributed by atoms with E-state index < -0.39 is 0 Å². The van der Waals surface area contributed by atoms with E-state index in [1.165, 1.54) is 5.56 Å². The molecule has 2 aromatic rings. The van der Waals surface area contributed by atoms with Crippen molar-refractivity contribution >= 4 is 15.9 Å². The summed E-state index contributed by atoms with van der Waals surface area (Å²) >= 11 is 3.60. The van der Waals surface area contributed by atoms with Crippen LogP contribution in [0.4, 0.5) is 0 Å². The summed E-state index contributed by atoms with van der Waals surface area (Å²) in [7, 11) is 1.92. The normalized spacial score (nSPS) is 13.4. The molecule has 3 rings (SSSR count). The van der Waals surface area contributed by atoms with Crippen LogP contribution < -0.4 is 10.1 Å². The minimum Gasteiger partial charge on any atom is -0.493 e. The van der Waals surface area contributed by atoms with Gasteiger partial charge in [0.25, 0.3) is 0 Å². The van der Waals surface area contributed by atoms with Crippen molar-refractivity contribution in [2.45, 2.75) is 13.0 Å². The Morgan fingerprint density at radius 2 is 2.39 bits per heavy atom. The van der Waals surface area contributed by atoms with Gasteiger partial charge in [-0.2, -0.15) is 5.10 Å². The molecule has 0 bridgehead atoms. The lowest BCUT2D eigenvalue weighted by Gasteiger charge is -2.02. The second-order valence-electron chi connectivity index (χ2n) is 4.32. The first-order valence-electron chi connectivity index (χ1n) is 5.93. The molecule has 4 nitrogen and oxygen atoms in total. The lowest BCUT2D eigenvalue weighted by Crippen LogP contribution is -2.05. The van der Waals surface area contributed by atoms with Gasteiger partial charge in [-0.15, -0.1) is 0 Å². The van der Waals surface area contributed by atoms with Crippen molar-refractivity contribution in [3.8, 4) is 17.0 Å². The molecule has 0 unspecified atom stereocenters. The number of fused-ring (bicyclic) bond motifs is 1. The predicted octanol–water partition coefficient (Wildman–Crippen LogP) is 2.49. The number of benzene rings is 1. The average molecular weight is 308 g/mol. The fourth-order valence-corrected chi connectivity index (χ4v) is 2.73. The largest absolute Gasteiger partial charge is 0.493 e. The molecular formula is C13H14BrN3O. The molecular weight excluding hydrogens is 294 g/mol. The van der Waals surface area contributed by atoms with Crippen molar-refractivity contribution in [2.24, 2.45) is 0 Å². The van der Waals surface area contributed by atoms with Crippen LogP contribution in [0, 0.1) is 0 Å². The number of nitrogens with zero attached hydrogens (tertiary/aromatic N) is 1. The van der Waals surface area contributed by atoms with Crippen LogP contribution in [0.25, 0.3) is 11.3 Å². The van der Waals surface area contributed by atoms with Crippen LogP contribution in [-0.4, -0.2) is 23.9 Å². The average Bonchev–Trinajstić information content (AvgIpc) is 2.97. The maximum absolute atomic E-state index is 5.51. The highest BCUT2D eigenvalue weighted by Gasteiger charge is 2.16. The Morgan fingerprint density at radius 1 is 1.50 bits per heavy atom. The monoisotopic (exact) mass is 307 g/mol. The molecule has 0 saturated heterocycles. The summed E-state index contributed by atoms with van der Waals surface area (Å²) in [5, 5.41) is 10.5. The van der Waals surface area contributed by atoms with Gasteiger partial charge in [-0.05, 0) is 46.7 Å². The maximum Gasteiger partial charge on any atom is 0.122 e. The quantitative estimate of drug-likeness (QED) is 0.916. The van der Waals surface area contributed by atoms with Gasteiger partial charge < -0.3 is 10.1 Å². The van der Waals surface area contributed by atoms with E-state index in [0.717, 1.165) is 46.7 Å². The number of aromatic nitrogens is 2. The van der Waals surface area contributed by atoms with Gasteiger partial charge in [0.2, 0.25) is 0 Å². The Balaban J connectivity index is 1.99. The summed E-state index contributed by atoms with van der Waals surface area (Å²) in [5.74, 6) is 1.00. The van der Waals surface area contributed by atoms with E-state index in [9.17, 15) is 0 Å². The Hall–Kier alpha value is -1.33. The molecule has 1 aromatic heterocycles. The van der Waals surface area contributed by atoms with Crippen molar-refractivity contribution in [2.75, 3.05) is 13.7 Å². The predicted molar refractivity (Wildman–Crippen MR) is 73.7 cm³/mol. The van der Waals surface area contributed by atoms with Crippen molar-refractivity contribution in [1.29, 1.82) is 0 Å². The van der Waals surface area contributed by atoms with Gasteiger partial charge in [0.15, 0.2) is 0 Å². The summed E-state index contributed by atoms with van der Waals surface area (Å²) in [6.07, 6.45) is 0.981. The standard InChI is InChI=1S/C13H14BrN3O/c1-15-7-10-12(14)13(17-16-10)9-2-3-11-8(6-9)4-5-18-11/h2-3,6,15H,4-5,7H2,1H3,(H,16,17). The number of halogens is 1. The first-order valence-corrected chi connectivity index (χ1v) is 6.72. The Bertz CT molecular complexity index is 580. The van der Waals surface area contributed by atoms with Gasteiger partial charge >= 0.3 is 0 Å². The van der Waals surface area contributed by atoms with Gasteiger partial charge in [0, 0.05) is 18.5 Å². The molecule has 0 aliphatic carbocycles. The lowest BCUT2D eigenvalue weighted by molar-refractivity contribution is 0.357. The van der Waals surface area contributed by atoms with Crippen molar-refractivity contribution < 1.29 is 4.74 Å². The summed E-state index contributed by atoms with van der Waals surface area (Å²) in [6.45, 7) is 1.55. The number of nitrogens with one attached hydrogen (secondary N) is 2. The zero-order chi connectivity index (χ0) is 12.5. The molecule has 18 heavy (non-hydrogen) atoms. The van der Waals surface area contributed by atoms with Crippen molar-refractivity contribution in [3.63, 3.8) is 0 Å². The van der Waals surface area contributed by atoms with Gasteiger partial charge in [0.1, 0.15) is 11.4 Å². The molecule has 0 saturated carbocycles. The molecule has 2 heterocycles. The molecule has 1 aliphatic rings. The fourth-order valence-electron chi connectivity index (χ4n) is 2.18. The van der Waals surface area contributed by atoms with E-state index in [2.05, 4.69) is 37.5 Å². The van der Waals surface area contributed by atoms with Crippen LogP contribution in [0.15, 0.2) is 22.7 Å². The molecule has 5 heteroatoms. The van der Waals surface area contributed by atoms with Crippen LogP contribution in [-0.2, 0) is 13.0 Å². The van der Waals surface area contributed by atoms with Crippen molar-refractivity contribution in [3.05, 3.63) is 33.9 Å². The third kappa shape index (κ3) is 1.93. The topological polar surface area (TPSA) is 49.9 Å². The number of hydrogen-bond acceptors (Lipinski definition) is 3. The highest BCUT2D eigenvalue weighted by atomic mass is 79.9. The minimum absolute atomic E-state index is 0.766. The van der Waals surface area contributed by atoms with E-state index in [4.69, 9.17) is 4.74 Å². The molecule has 2 N–H and O–H groups in total. The molecule has 94 valence electrons. The summed E-state index contributed by atoms with van der Waals surface area (Å²) < 4.78 is 6.54. The molecule has 1 aromatic carbocycles. The number of aromatic amines is 1. The lowest BCUT2D eigenvalue weighted by atomic mass is 10.1. The first-order chi connectivity index (χ1) is 8.79. The minimum atomic E-state index is 0.766. The van der Waals surface area contributed by atoms with E-state index in [1.54, 1.807) is 0 Å². The number of H-pyrrole nitrogens is 1.